The van der Waals surface area contributed by atoms with Gasteiger partial charge in [-0.1, -0.05) is 5.16 Å². The number of amides is 1. The first-order valence-electron chi connectivity index (χ1n) is 10.7. The van der Waals surface area contributed by atoms with E-state index in [1.54, 1.807) is 0 Å². The van der Waals surface area contributed by atoms with Gasteiger partial charge in [0.2, 0.25) is 0 Å². The van der Waals surface area contributed by atoms with Crippen molar-refractivity contribution in [2.45, 2.75) is 78.2 Å². The van der Waals surface area contributed by atoms with E-state index in [1.165, 1.54) is 38.5 Å². The van der Waals surface area contributed by atoms with Crippen molar-refractivity contribution in [3.05, 3.63) is 17.0 Å². The summed E-state index contributed by atoms with van der Waals surface area (Å²) in [4.78, 5) is 24.4. The van der Waals surface area contributed by atoms with Crippen LogP contribution in [-0.4, -0.2) is 29.7 Å². The number of ether oxygens (including phenoxy) is 1. The highest BCUT2D eigenvalue weighted by atomic mass is 16.5. The Balaban J connectivity index is 1.23. The molecule has 1 aromatic heterocycles. The Labute approximate surface area is 166 Å². The lowest BCUT2D eigenvalue weighted by Gasteiger charge is -2.59. The van der Waals surface area contributed by atoms with Gasteiger partial charge in [0.15, 0.2) is 6.61 Å². The largest absolute Gasteiger partial charge is 0.456 e. The Morgan fingerprint density at radius 2 is 1.79 bits per heavy atom. The molecule has 4 fully saturated rings. The fraction of sp³-hybridized carbons (Fsp3) is 0.773. The van der Waals surface area contributed by atoms with Gasteiger partial charge in [-0.2, -0.15) is 0 Å². The minimum atomic E-state index is -0.363. The van der Waals surface area contributed by atoms with E-state index in [4.69, 9.17) is 9.26 Å². The summed E-state index contributed by atoms with van der Waals surface area (Å²) in [5.41, 5.74) is 2.00. The number of nitrogens with one attached hydrogen (secondary N) is 1. The van der Waals surface area contributed by atoms with E-state index in [0.717, 1.165) is 34.8 Å². The fourth-order valence-electron chi connectivity index (χ4n) is 6.45. The first-order valence-corrected chi connectivity index (χ1v) is 10.7. The summed E-state index contributed by atoms with van der Waals surface area (Å²) in [5, 5.41) is 7.03. The molecular formula is C22H32N2O4. The highest BCUT2D eigenvalue weighted by molar-refractivity contribution is 5.80. The number of carbonyl (C=O) groups is 2. The molecule has 0 radical (unpaired) electrons. The van der Waals surface area contributed by atoms with Crippen LogP contribution in [0.3, 0.4) is 0 Å². The lowest BCUT2D eigenvalue weighted by atomic mass is 9.48. The maximum absolute atomic E-state index is 12.4. The Morgan fingerprint density at radius 1 is 1.18 bits per heavy atom. The molecule has 4 saturated carbocycles. The lowest BCUT2D eigenvalue weighted by Crippen LogP contribution is -2.56. The Hall–Kier alpha value is -1.85. The predicted octanol–water partition coefficient (Wildman–Crippen LogP) is 3.49. The molecule has 0 aliphatic heterocycles. The predicted molar refractivity (Wildman–Crippen MR) is 103 cm³/mol. The van der Waals surface area contributed by atoms with Gasteiger partial charge in [-0.25, -0.2) is 0 Å². The summed E-state index contributed by atoms with van der Waals surface area (Å²) in [5.74, 6) is 2.74. The third kappa shape index (κ3) is 3.83. The zero-order valence-electron chi connectivity index (χ0n) is 17.3. The van der Waals surface area contributed by atoms with E-state index in [0.29, 0.717) is 6.42 Å². The van der Waals surface area contributed by atoms with Crippen LogP contribution < -0.4 is 5.32 Å². The van der Waals surface area contributed by atoms with Crippen molar-refractivity contribution in [1.29, 1.82) is 0 Å². The van der Waals surface area contributed by atoms with Crippen LogP contribution in [0.2, 0.25) is 0 Å². The second-order valence-corrected chi connectivity index (χ2v) is 9.53. The number of aromatic nitrogens is 1. The molecule has 6 nitrogen and oxygen atoms in total. The highest BCUT2D eigenvalue weighted by Gasteiger charge is 2.53. The SMILES string of the molecule is Cc1noc(C)c1CCC(=O)OCC(=O)N[C@@H](C)C12CC3CC(CC(C3)C1)C2. The van der Waals surface area contributed by atoms with Crippen molar-refractivity contribution in [3.63, 3.8) is 0 Å². The van der Waals surface area contributed by atoms with E-state index in [1.807, 2.05) is 13.8 Å². The molecule has 0 unspecified atom stereocenters. The van der Waals surface area contributed by atoms with Crippen LogP contribution in [0.1, 0.15) is 68.9 Å². The monoisotopic (exact) mass is 388 g/mol. The second kappa shape index (κ2) is 7.53. The van der Waals surface area contributed by atoms with Gasteiger partial charge in [0.1, 0.15) is 5.76 Å². The van der Waals surface area contributed by atoms with Crippen LogP contribution in [0.4, 0.5) is 0 Å². The van der Waals surface area contributed by atoms with Crippen molar-refractivity contribution in [3.8, 4) is 0 Å². The summed E-state index contributed by atoms with van der Waals surface area (Å²) in [6.45, 7) is 5.64. The maximum Gasteiger partial charge on any atom is 0.306 e. The second-order valence-electron chi connectivity index (χ2n) is 9.53. The van der Waals surface area contributed by atoms with Gasteiger partial charge < -0.3 is 14.6 Å². The Morgan fingerprint density at radius 3 is 2.32 bits per heavy atom. The minimum Gasteiger partial charge on any atom is -0.456 e. The Bertz CT molecular complexity index is 699. The molecule has 4 bridgehead atoms. The zero-order valence-corrected chi connectivity index (χ0v) is 17.3. The summed E-state index contributed by atoms with van der Waals surface area (Å²) in [6.07, 6.45) is 8.66. The van der Waals surface area contributed by atoms with Crippen molar-refractivity contribution < 1.29 is 18.8 Å². The fourth-order valence-corrected chi connectivity index (χ4v) is 6.45. The number of carbonyl (C=O) groups excluding carboxylic acids is 2. The van der Waals surface area contributed by atoms with Crippen molar-refractivity contribution in [2.75, 3.05) is 6.61 Å². The number of hydrogen-bond acceptors (Lipinski definition) is 5. The molecule has 1 atom stereocenters. The van der Waals surface area contributed by atoms with Crippen LogP contribution in [0.15, 0.2) is 4.52 Å². The summed E-state index contributed by atoms with van der Waals surface area (Å²) in [7, 11) is 0. The molecule has 1 N–H and O–H groups in total. The third-order valence-electron chi connectivity index (χ3n) is 7.51. The highest BCUT2D eigenvalue weighted by Crippen LogP contribution is 2.61. The minimum absolute atomic E-state index is 0.148. The van der Waals surface area contributed by atoms with Gasteiger partial charge in [0.05, 0.1) is 5.69 Å². The topological polar surface area (TPSA) is 81.4 Å². The molecule has 5 rings (SSSR count). The summed E-state index contributed by atoms with van der Waals surface area (Å²) >= 11 is 0. The van der Waals surface area contributed by atoms with Crippen LogP contribution in [0.25, 0.3) is 0 Å². The van der Waals surface area contributed by atoms with E-state index in [-0.39, 0.29) is 36.4 Å². The number of nitrogens with zero attached hydrogens (tertiary/aromatic N) is 1. The smallest absolute Gasteiger partial charge is 0.306 e. The first kappa shape index (κ1) is 19.5. The molecule has 154 valence electrons. The molecule has 1 amide bonds. The average molecular weight is 389 g/mol. The lowest BCUT2D eigenvalue weighted by molar-refractivity contribution is -0.149. The summed E-state index contributed by atoms with van der Waals surface area (Å²) in [6, 6.07) is 0.148. The van der Waals surface area contributed by atoms with Crippen LogP contribution in [0.5, 0.6) is 0 Å². The normalized spacial score (nSPS) is 31.6. The van der Waals surface area contributed by atoms with E-state index >= 15 is 0 Å². The maximum atomic E-state index is 12.4. The zero-order chi connectivity index (χ0) is 19.9. The third-order valence-corrected chi connectivity index (χ3v) is 7.51. The molecule has 4 aliphatic rings. The molecule has 0 spiro atoms. The van der Waals surface area contributed by atoms with Crippen molar-refractivity contribution in [1.82, 2.24) is 10.5 Å². The molecule has 0 aromatic carbocycles. The quantitative estimate of drug-likeness (QED) is 0.723. The average Bonchev–Trinajstić information content (AvgIpc) is 2.95. The van der Waals surface area contributed by atoms with Gasteiger partial charge in [0.25, 0.3) is 5.91 Å². The van der Waals surface area contributed by atoms with E-state index in [9.17, 15) is 9.59 Å². The number of aryl methyl sites for hydroxylation is 2. The molecular weight excluding hydrogens is 356 g/mol. The van der Waals surface area contributed by atoms with Crippen molar-refractivity contribution in [2.24, 2.45) is 23.2 Å². The molecule has 0 saturated heterocycles. The van der Waals surface area contributed by atoms with E-state index < -0.39 is 0 Å². The van der Waals surface area contributed by atoms with Crippen LogP contribution in [0, 0.1) is 37.0 Å². The first-order chi connectivity index (χ1) is 13.3. The number of esters is 1. The number of hydrogen-bond donors (Lipinski definition) is 1. The molecule has 4 aliphatic carbocycles. The van der Waals surface area contributed by atoms with Gasteiger partial charge in [-0.3, -0.25) is 9.59 Å². The molecule has 6 heteroatoms. The van der Waals surface area contributed by atoms with Gasteiger partial charge in [-0.05, 0) is 88.9 Å². The van der Waals surface area contributed by atoms with E-state index in [2.05, 4.69) is 17.4 Å². The standard InChI is InChI=1S/C22H32N2O4/c1-13-19(14(2)28-24-13)4-5-21(26)27-12-20(25)23-15(3)22-9-16-6-17(10-22)8-18(7-16)11-22/h15-18H,4-12H2,1-3H3,(H,23,25)/t15-,16?,17?,18?,22?/m0/s1. The molecule has 1 aromatic rings. The molecule has 28 heavy (non-hydrogen) atoms. The van der Waals surface area contributed by atoms with Crippen LogP contribution in [-0.2, 0) is 20.7 Å². The van der Waals surface area contributed by atoms with Gasteiger partial charge >= 0.3 is 5.97 Å². The van der Waals surface area contributed by atoms with Crippen LogP contribution >= 0.6 is 0 Å². The van der Waals surface area contributed by atoms with Gasteiger partial charge in [-0.15, -0.1) is 0 Å². The summed E-state index contributed by atoms with van der Waals surface area (Å²) < 4.78 is 10.3. The van der Waals surface area contributed by atoms with Crippen molar-refractivity contribution >= 4 is 11.9 Å². The van der Waals surface area contributed by atoms with Gasteiger partial charge in [0, 0.05) is 18.0 Å². The Kier molecular flexibility index (Phi) is 5.23. The molecule has 1 heterocycles. The number of rotatable bonds is 7.